The molecule has 0 saturated carbocycles. The zero-order valence-corrected chi connectivity index (χ0v) is 19.9. The smallest absolute Gasteiger partial charge is 0.243 e. The molecule has 1 saturated heterocycles. The first-order valence-corrected chi connectivity index (χ1v) is 12.5. The number of ether oxygens (including phenoxy) is 2. The zero-order chi connectivity index (χ0) is 22.9. The average molecular weight is 496 g/mol. The standard InChI is InChI=1S/C21H22ClN3O5S2/c1-29-17-6-4-15(12-18(17)30-2)32(27,28)25-9-7-13(8-10-25)20(26)24-21-23-16-5-3-14(22)11-19(16)31-21/h3-6,11-13H,7-10H2,1-2H3,(H,23,24,26). The topological polar surface area (TPSA) is 97.8 Å². The number of methoxy groups -OCH3 is 2. The van der Waals surface area contributed by atoms with Crippen molar-refractivity contribution in [2.45, 2.75) is 17.7 Å². The van der Waals surface area contributed by atoms with Gasteiger partial charge in [-0.1, -0.05) is 22.9 Å². The molecule has 1 aliphatic rings. The van der Waals surface area contributed by atoms with Crippen LogP contribution in [0.2, 0.25) is 5.02 Å². The summed E-state index contributed by atoms with van der Waals surface area (Å²) in [6.45, 7) is 0.508. The summed E-state index contributed by atoms with van der Waals surface area (Å²) in [7, 11) is -0.758. The number of anilines is 1. The Balaban J connectivity index is 1.41. The fraction of sp³-hybridized carbons (Fsp3) is 0.333. The van der Waals surface area contributed by atoms with Gasteiger partial charge >= 0.3 is 0 Å². The number of carbonyl (C=O) groups excluding carboxylic acids is 1. The van der Waals surface area contributed by atoms with Gasteiger partial charge in [0.1, 0.15) is 0 Å². The van der Waals surface area contributed by atoms with E-state index in [9.17, 15) is 13.2 Å². The van der Waals surface area contributed by atoms with Crippen molar-refractivity contribution in [1.29, 1.82) is 0 Å². The van der Waals surface area contributed by atoms with Crippen LogP contribution in [0.3, 0.4) is 0 Å². The summed E-state index contributed by atoms with van der Waals surface area (Å²) in [5.41, 5.74) is 0.769. The molecule has 1 amide bonds. The second-order valence-electron chi connectivity index (χ2n) is 7.32. The van der Waals surface area contributed by atoms with E-state index in [1.165, 1.54) is 42.0 Å². The molecule has 0 radical (unpaired) electrons. The van der Waals surface area contributed by atoms with E-state index in [1.54, 1.807) is 18.2 Å². The molecule has 1 fully saturated rings. The molecule has 170 valence electrons. The van der Waals surface area contributed by atoms with Crippen LogP contribution in [-0.4, -0.2) is 50.9 Å². The third kappa shape index (κ3) is 4.54. The highest BCUT2D eigenvalue weighted by Crippen LogP contribution is 2.33. The largest absolute Gasteiger partial charge is 0.493 e. The van der Waals surface area contributed by atoms with Gasteiger partial charge in [-0.25, -0.2) is 13.4 Å². The Morgan fingerprint density at radius 1 is 1.12 bits per heavy atom. The van der Waals surface area contributed by atoms with Crippen molar-refractivity contribution in [1.82, 2.24) is 9.29 Å². The summed E-state index contributed by atoms with van der Waals surface area (Å²) >= 11 is 7.36. The lowest BCUT2D eigenvalue weighted by Gasteiger charge is -2.30. The van der Waals surface area contributed by atoms with E-state index in [2.05, 4.69) is 10.3 Å². The van der Waals surface area contributed by atoms with Crippen molar-refractivity contribution >= 4 is 54.2 Å². The minimum atomic E-state index is -3.71. The molecule has 0 spiro atoms. The second kappa shape index (κ2) is 9.22. The monoisotopic (exact) mass is 495 g/mol. The molecular formula is C21H22ClN3O5S2. The van der Waals surface area contributed by atoms with Gasteiger partial charge in [0, 0.05) is 30.1 Å². The number of hydrogen-bond acceptors (Lipinski definition) is 7. The molecule has 1 aromatic heterocycles. The molecule has 3 aromatic rings. The molecule has 2 aromatic carbocycles. The maximum atomic E-state index is 13.1. The summed E-state index contributed by atoms with van der Waals surface area (Å²) in [4.78, 5) is 17.3. The van der Waals surface area contributed by atoms with Crippen LogP contribution in [0.5, 0.6) is 11.5 Å². The van der Waals surface area contributed by atoms with E-state index >= 15 is 0 Å². The lowest BCUT2D eigenvalue weighted by molar-refractivity contribution is -0.120. The summed E-state index contributed by atoms with van der Waals surface area (Å²) in [5.74, 6) is 0.361. The minimum absolute atomic E-state index is 0.131. The van der Waals surface area contributed by atoms with Crippen LogP contribution in [0.4, 0.5) is 5.13 Å². The number of nitrogens with one attached hydrogen (secondary N) is 1. The number of aromatic nitrogens is 1. The lowest BCUT2D eigenvalue weighted by Crippen LogP contribution is -2.41. The average Bonchev–Trinajstić information content (AvgIpc) is 3.19. The van der Waals surface area contributed by atoms with Crippen LogP contribution in [0.25, 0.3) is 10.2 Å². The van der Waals surface area contributed by atoms with Crippen LogP contribution in [0.1, 0.15) is 12.8 Å². The highest BCUT2D eigenvalue weighted by atomic mass is 35.5. The molecule has 1 aliphatic heterocycles. The van der Waals surface area contributed by atoms with Crippen LogP contribution in [0.15, 0.2) is 41.3 Å². The van der Waals surface area contributed by atoms with Crippen molar-refractivity contribution in [3.05, 3.63) is 41.4 Å². The van der Waals surface area contributed by atoms with Crippen LogP contribution >= 0.6 is 22.9 Å². The summed E-state index contributed by atoms with van der Waals surface area (Å²) < 4.78 is 38.8. The molecule has 1 N–H and O–H groups in total. The minimum Gasteiger partial charge on any atom is -0.493 e. The predicted octanol–water partition coefficient (Wildman–Crippen LogP) is 4.01. The van der Waals surface area contributed by atoms with E-state index in [-0.39, 0.29) is 29.8 Å². The zero-order valence-electron chi connectivity index (χ0n) is 17.5. The number of piperidine rings is 1. The van der Waals surface area contributed by atoms with E-state index in [0.29, 0.717) is 34.5 Å². The van der Waals surface area contributed by atoms with Gasteiger partial charge in [0.25, 0.3) is 0 Å². The Morgan fingerprint density at radius 3 is 2.53 bits per heavy atom. The second-order valence-corrected chi connectivity index (χ2v) is 10.7. The summed E-state index contributed by atoms with van der Waals surface area (Å²) in [6.07, 6.45) is 0.851. The molecule has 0 aliphatic carbocycles. The van der Waals surface area contributed by atoms with Gasteiger partial charge in [-0.05, 0) is 43.2 Å². The van der Waals surface area contributed by atoms with Crippen molar-refractivity contribution in [3.63, 3.8) is 0 Å². The quantitative estimate of drug-likeness (QED) is 0.555. The Bertz CT molecular complexity index is 1250. The number of rotatable bonds is 6. The first-order chi connectivity index (χ1) is 15.3. The van der Waals surface area contributed by atoms with Crippen LogP contribution in [-0.2, 0) is 14.8 Å². The van der Waals surface area contributed by atoms with E-state index in [4.69, 9.17) is 21.1 Å². The maximum Gasteiger partial charge on any atom is 0.243 e. The fourth-order valence-electron chi connectivity index (χ4n) is 3.64. The van der Waals surface area contributed by atoms with Gasteiger partial charge in [0.2, 0.25) is 15.9 Å². The van der Waals surface area contributed by atoms with Gasteiger partial charge in [-0.2, -0.15) is 4.31 Å². The van der Waals surface area contributed by atoms with E-state index < -0.39 is 10.0 Å². The maximum absolute atomic E-state index is 13.1. The van der Waals surface area contributed by atoms with Crippen molar-refractivity contribution in [2.24, 2.45) is 5.92 Å². The number of benzene rings is 2. The molecule has 2 heterocycles. The van der Waals surface area contributed by atoms with Gasteiger partial charge in [0.15, 0.2) is 16.6 Å². The van der Waals surface area contributed by atoms with Gasteiger partial charge in [0.05, 0.1) is 29.3 Å². The van der Waals surface area contributed by atoms with Crippen LogP contribution < -0.4 is 14.8 Å². The molecule has 0 bridgehead atoms. The Kier molecular flexibility index (Phi) is 6.57. The number of thiazole rings is 1. The first kappa shape index (κ1) is 22.8. The van der Waals surface area contributed by atoms with E-state index in [1.807, 2.05) is 6.07 Å². The fourth-order valence-corrected chi connectivity index (χ4v) is 6.27. The number of amides is 1. The number of fused-ring (bicyclic) bond motifs is 1. The van der Waals surface area contributed by atoms with Gasteiger partial charge < -0.3 is 14.8 Å². The van der Waals surface area contributed by atoms with Gasteiger partial charge in [-0.15, -0.1) is 0 Å². The molecule has 32 heavy (non-hydrogen) atoms. The SMILES string of the molecule is COc1ccc(S(=O)(=O)N2CCC(C(=O)Nc3nc4ccc(Cl)cc4s3)CC2)cc1OC. The molecule has 0 atom stereocenters. The van der Waals surface area contributed by atoms with Crippen molar-refractivity contribution < 1.29 is 22.7 Å². The van der Waals surface area contributed by atoms with Crippen LogP contribution in [0, 0.1) is 5.92 Å². The number of halogens is 1. The Hall–Kier alpha value is -2.40. The highest BCUT2D eigenvalue weighted by molar-refractivity contribution is 7.89. The van der Waals surface area contributed by atoms with Crippen molar-refractivity contribution in [2.75, 3.05) is 32.6 Å². The molecule has 0 unspecified atom stereocenters. The Morgan fingerprint density at radius 2 is 1.84 bits per heavy atom. The van der Waals surface area contributed by atoms with Gasteiger partial charge in [-0.3, -0.25) is 4.79 Å². The highest BCUT2D eigenvalue weighted by Gasteiger charge is 2.33. The third-order valence-corrected chi connectivity index (χ3v) is 8.46. The first-order valence-electron chi connectivity index (χ1n) is 9.91. The number of sulfonamides is 1. The molecule has 11 heteroatoms. The number of hydrogen-bond donors (Lipinski definition) is 1. The molecular weight excluding hydrogens is 474 g/mol. The number of carbonyl (C=O) groups is 1. The summed E-state index contributed by atoms with van der Waals surface area (Å²) in [5, 5.41) is 3.98. The van der Waals surface area contributed by atoms with Crippen molar-refractivity contribution in [3.8, 4) is 11.5 Å². The molecule has 4 rings (SSSR count). The summed E-state index contributed by atoms with van der Waals surface area (Å²) in [6, 6.07) is 9.88. The van der Waals surface area contributed by atoms with E-state index in [0.717, 1.165) is 10.2 Å². The third-order valence-electron chi connectivity index (χ3n) is 5.40. The normalized spacial score (nSPS) is 15.6. The molecule has 8 nitrogen and oxygen atoms in total. The Labute approximate surface area is 195 Å². The lowest BCUT2D eigenvalue weighted by atomic mass is 9.97. The number of nitrogens with zero attached hydrogens (tertiary/aromatic N) is 2. The predicted molar refractivity (Wildman–Crippen MR) is 124 cm³/mol.